The summed E-state index contributed by atoms with van der Waals surface area (Å²) >= 11 is 0. The second-order valence-electron chi connectivity index (χ2n) is 3.92. The Morgan fingerprint density at radius 1 is 1.71 bits per heavy atom. The Morgan fingerprint density at radius 2 is 2.43 bits per heavy atom. The molecule has 3 atom stereocenters. The van der Waals surface area contributed by atoms with Gasteiger partial charge in [0, 0.05) is 18.6 Å². The third-order valence-electron chi connectivity index (χ3n) is 2.78. The van der Waals surface area contributed by atoms with Gasteiger partial charge in [-0.1, -0.05) is 6.92 Å². The third-order valence-corrected chi connectivity index (χ3v) is 2.78. The number of hydrogen-bond donors (Lipinski definition) is 2. The van der Waals surface area contributed by atoms with Crippen molar-refractivity contribution in [1.82, 2.24) is 5.32 Å². The predicted molar refractivity (Wildman–Crippen MR) is 53.2 cm³/mol. The Kier molecular flexibility index (Phi) is 4.35. The summed E-state index contributed by atoms with van der Waals surface area (Å²) < 4.78 is 5.20. The highest BCUT2D eigenvalue weighted by Crippen LogP contribution is 2.17. The Labute approximate surface area is 84.6 Å². The van der Waals surface area contributed by atoms with Crippen molar-refractivity contribution in [2.24, 2.45) is 5.92 Å². The van der Waals surface area contributed by atoms with E-state index in [0.29, 0.717) is 13.2 Å². The van der Waals surface area contributed by atoms with Gasteiger partial charge in [-0.05, 0) is 19.8 Å². The van der Waals surface area contributed by atoms with Crippen LogP contribution in [0.3, 0.4) is 0 Å². The van der Waals surface area contributed by atoms with E-state index in [2.05, 4.69) is 5.32 Å². The average molecular weight is 201 g/mol. The van der Waals surface area contributed by atoms with E-state index in [4.69, 9.17) is 9.84 Å². The first-order chi connectivity index (χ1) is 6.65. The molecule has 0 aromatic heterocycles. The van der Waals surface area contributed by atoms with Crippen LogP contribution in [0.5, 0.6) is 0 Å². The monoisotopic (exact) mass is 201 g/mol. The molecule has 2 N–H and O–H groups in total. The maximum absolute atomic E-state index is 11.0. The van der Waals surface area contributed by atoms with Gasteiger partial charge in [0.2, 0.25) is 0 Å². The molecule has 1 fully saturated rings. The summed E-state index contributed by atoms with van der Waals surface area (Å²) in [6.07, 6.45) is 1.79. The van der Waals surface area contributed by atoms with Crippen LogP contribution in [-0.2, 0) is 9.53 Å². The Bertz CT molecular complexity index is 190. The van der Waals surface area contributed by atoms with Gasteiger partial charge < -0.3 is 15.2 Å². The van der Waals surface area contributed by atoms with E-state index in [1.165, 1.54) is 0 Å². The van der Waals surface area contributed by atoms with Crippen molar-refractivity contribution in [2.45, 2.75) is 38.8 Å². The highest BCUT2D eigenvalue weighted by Gasteiger charge is 2.31. The number of rotatable bonds is 5. The summed E-state index contributed by atoms with van der Waals surface area (Å²) in [6, 6.07) is -0.204. The molecule has 82 valence electrons. The molecule has 0 aliphatic carbocycles. The molecular weight excluding hydrogens is 182 g/mol. The van der Waals surface area contributed by atoms with Crippen LogP contribution < -0.4 is 5.32 Å². The lowest BCUT2D eigenvalue weighted by Crippen LogP contribution is -2.47. The molecule has 4 nitrogen and oxygen atoms in total. The number of ether oxygens (including phenoxy) is 1. The summed E-state index contributed by atoms with van der Waals surface area (Å²) in [4.78, 5) is 11.0. The van der Waals surface area contributed by atoms with Gasteiger partial charge in [-0.25, -0.2) is 0 Å². The first-order valence-electron chi connectivity index (χ1n) is 5.21. The second-order valence-corrected chi connectivity index (χ2v) is 3.92. The van der Waals surface area contributed by atoms with Crippen molar-refractivity contribution in [1.29, 1.82) is 0 Å². The zero-order valence-corrected chi connectivity index (χ0v) is 8.82. The van der Waals surface area contributed by atoms with Gasteiger partial charge in [-0.2, -0.15) is 0 Å². The maximum atomic E-state index is 11.0. The minimum Gasteiger partial charge on any atom is -0.480 e. The lowest BCUT2D eigenvalue weighted by molar-refractivity contribution is -0.141. The van der Waals surface area contributed by atoms with Gasteiger partial charge in [0.05, 0.1) is 6.61 Å². The van der Waals surface area contributed by atoms with Crippen LogP contribution in [0, 0.1) is 5.92 Å². The first-order valence-corrected chi connectivity index (χ1v) is 5.21. The van der Waals surface area contributed by atoms with E-state index in [-0.39, 0.29) is 12.0 Å². The number of carboxylic acid groups (broad SMARTS) is 1. The summed E-state index contributed by atoms with van der Waals surface area (Å²) in [5.41, 5.74) is 0. The number of nitrogens with one attached hydrogen (secondary N) is 1. The number of aliphatic carboxylic acids is 1. The average Bonchev–Trinajstić information content (AvgIpc) is 2.65. The van der Waals surface area contributed by atoms with E-state index in [9.17, 15) is 4.79 Å². The highest BCUT2D eigenvalue weighted by atomic mass is 16.5. The smallest absolute Gasteiger partial charge is 0.321 e. The van der Waals surface area contributed by atoms with Gasteiger partial charge >= 0.3 is 5.97 Å². The lowest BCUT2D eigenvalue weighted by Gasteiger charge is -2.23. The predicted octanol–water partition coefficient (Wildman–Crippen LogP) is 0.864. The SMILES string of the molecule is CCC(C)NC(C(=O)O)C1CCOC1. The summed E-state index contributed by atoms with van der Waals surface area (Å²) in [5.74, 6) is -0.637. The molecule has 1 rings (SSSR count). The fraction of sp³-hybridized carbons (Fsp3) is 0.900. The molecule has 0 saturated carbocycles. The van der Waals surface area contributed by atoms with Crippen LogP contribution >= 0.6 is 0 Å². The van der Waals surface area contributed by atoms with Crippen molar-refractivity contribution in [3.63, 3.8) is 0 Å². The van der Waals surface area contributed by atoms with Gasteiger partial charge in [-0.15, -0.1) is 0 Å². The molecule has 0 radical (unpaired) electrons. The molecule has 1 aliphatic heterocycles. The van der Waals surface area contributed by atoms with E-state index < -0.39 is 12.0 Å². The fourth-order valence-electron chi connectivity index (χ4n) is 1.65. The van der Waals surface area contributed by atoms with Gasteiger partial charge in [-0.3, -0.25) is 4.79 Å². The molecule has 0 bridgehead atoms. The lowest BCUT2D eigenvalue weighted by atomic mass is 9.98. The van der Waals surface area contributed by atoms with Gasteiger partial charge in [0.25, 0.3) is 0 Å². The Hall–Kier alpha value is -0.610. The van der Waals surface area contributed by atoms with Crippen molar-refractivity contribution < 1.29 is 14.6 Å². The maximum Gasteiger partial charge on any atom is 0.321 e. The summed E-state index contributed by atoms with van der Waals surface area (Å²) in [6.45, 7) is 5.31. The van der Waals surface area contributed by atoms with Crippen LogP contribution in [0.25, 0.3) is 0 Å². The van der Waals surface area contributed by atoms with E-state index in [1.807, 2.05) is 13.8 Å². The van der Waals surface area contributed by atoms with Crippen LogP contribution in [0.1, 0.15) is 26.7 Å². The van der Waals surface area contributed by atoms with Crippen LogP contribution in [0.2, 0.25) is 0 Å². The number of carbonyl (C=O) groups is 1. The minimum atomic E-state index is -0.763. The zero-order valence-electron chi connectivity index (χ0n) is 8.82. The second kappa shape index (κ2) is 5.32. The highest BCUT2D eigenvalue weighted by molar-refractivity contribution is 5.74. The topological polar surface area (TPSA) is 58.6 Å². The van der Waals surface area contributed by atoms with Crippen LogP contribution in [0.4, 0.5) is 0 Å². The van der Waals surface area contributed by atoms with Crippen molar-refractivity contribution in [3.05, 3.63) is 0 Å². The van der Waals surface area contributed by atoms with Crippen LogP contribution in [-0.4, -0.2) is 36.4 Å². The van der Waals surface area contributed by atoms with E-state index >= 15 is 0 Å². The third kappa shape index (κ3) is 2.96. The molecule has 0 aromatic carbocycles. The first kappa shape index (κ1) is 11.5. The Balaban J connectivity index is 2.49. The van der Waals surface area contributed by atoms with Gasteiger partial charge in [0.1, 0.15) is 6.04 Å². The molecule has 1 heterocycles. The Morgan fingerprint density at radius 3 is 2.86 bits per heavy atom. The summed E-state index contributed by atoms with van der Waals surface area (Å²) in [5, 5.41) is 12.2. The van der Waals surface area contributed by atoms with Crippen molar-refractivity contribution in [3.8, 4) is 0 Å². The summed E-state index contributed by atoms with van der Waals surface area (Å²) in [7, 11) is 0. The molecule has 14 heavy (non-hydrogen) atoms. The zero-order chi connectivity index (χ0) is 10.6. The standard InChI is InChI=1S/C10H19NO3/c1-3-7(2)11-9(10(12)13)8-4-5-14-6-8/h7-9,11H,3-6H2,1-2H3,(H,12,13). The van der Waals surface area contributed by atoms with Crippen molar-refractivity contribution in [2.75, 3.05) is 13.2 Å². The number of hydrogen-bond acceptors (Lipinski definition) is 3. The molecule has 0 amide bonds. The van der Waals surface area contributed by atoms with Crippen LogP contribution in [0.15, 0.2) is 0 Å². The quantitative estimate of drug-likeness (QED) is 0.692. The molecule has 3 unspecified atom stereocenters. The van der Waals surface area contributed by atoms with Gasteiger partial charge in [0.15, 0.2) is 0 Å². The number of carboxylic acids is 1. The largest absolute Gasteiger partial charge is 0.480 e. The molecule has 1 saturated heterocycles. The normalized spacial score (nSPS) is 26.0. The van der Waals surface area contributed by atoms with E-state index in [1.54, 1.807) is 0 Å². The fourth-order valence-corrected chi connectivity index (χ4v) is 1.65. The van der Waals surface area contributed by atoms with E-state index in [0.717, 1.165) is 12.8 Å². The molecule has 4 heteroatoms. The molecule has 0 spiro atoms. The minimum absolute atomic E-state index is 0.126. The molecule has 1 aliphatic rings. The molecule has 0 aromatic rings. The molecular formula is C10H19NO3. The van der Waals surface area contributed by atoms with Crippen molar-refractivity contribution >= 4 is 5.97 Å².